The average molecular weight is 384 g/mol. The van der Waals surface area contributed by atoms with Crippen LogP contribution in [0.15, 0.2) is 45.6 Å². The maximum Gasteiger partial charge on any atom is 0.416 e. The van der Waals surface area contributed by atoms with Crippen LogP contribution >= 0.6 is 0 Å². The fraction of sp³-hybridized carbons (Fsp3) is 0.211. The molecule has 0 spiro atoms. The standard InChI is InChI=1S/C19H10F6O2/c20-18(21,22)10-2-4-12-9(7-10)1-6-14-16(12)17(26)13-5-3-11(19(23,24)25)8-15(13)27-14/h1-6,8,10H,7H2. The molecule has 0 fully saturated rings. The normalized spacial score (nSPS) is 17.5. The molecule has 4 rings (SSSR count). The van der Waals surface area contributed by atoms with Crippen LogP contribution in [0.3, 0.4) is 0 Å². The zero-order valence-corrected chi connectivity index (χ0v) is 13.4. The number of halogens is 6. The van der Waals surface area contributed by atoms with Gasteiger partial charge in [-0.25, -0.2) is 0 Å². The number of alkyl halides is 6. The van der Waals surface area contributed by atoms with E-state index in [1.54, 1.807) is 0 Å². The Morgan fingerprint density at radius 2 is 1.70 bits per heavy atom. The SMILES string of the molecule is O=c1c2ccc(C(F)(F)F)cc2oc2ccc3c(c12)C=CC(C(F)(F)F)C3. The van der Waals surface area contributed by atoms with Crippen molar-refractivity contribution in [3.05, 3.63) is 63.3 Å². The van der Waals surface area contributed by atoms with Gasteiger partial charge in [-0.1, -0.05) is 18.2 Å². The molecule has 2 nitrogen and oxygen atoms in total. The van der Waals surface area contributed by atoms with Crippen LogP contribution in [-0.2, 0) is 12.6 Å². The van der Waals surface area contributed by atoms with E-state index in [2.05, 4.69) is 0 Å². The van der Waals surface area contributed by atoms with Crippen molar-refractivity contribution in [3.8, 4) is 0 Å². The van der Waals surface area contributed by atoms with Crippen LogP contribution < -0.4 is 5.43 Å². The summed E-state index contributed by atoms with van der Waals surface area (Å²) in [4.78, 5) is 12.8. The summed E-state index contributed by atoms with van der Waals surface area (Å²) in [5, 5.41) is 0.00637. The molecule has 1 aliphatic rings. The first-order valence-corrected chi connectivity index (χ1v) is 7.90. The predicted octanol–water partition coefficient (Wildman–Crippen LogP) is 5.71. The van der Waals surface area contributed by atoms with Gasteiger partial charge in [-0.2, -0.15) is 26.3 Å². The van der Waals surface area contributed by atoms with Crippen molar-refractivity contribution in [2.24, 2.45) is 5.92 Å². The molecule has 1 heterocycles. The summed E-state index contributed by atoms with van der Waals surface area (Å²) >= 11 is 0. The molecule has 140 valence electrons. The Kier molecular flexibility index (Phi) is 3.66. The topological polar surface area (TPSA) is 30.2 Å². The molecule has 0 N–H and O–H groups in total. The smallest absolute Gasteiger partial charge is 0.416 e. The summed E-state index contributed by atoms with van der Waals surface area (Å²) in [6.45, 7) is 0. The molecule has 0 aliphatic heterocycles. The highest BCUT2D eigenvalue weighted by atomic mass is 19.4. The summed E-state index contributed by atoms with van der Waals surface area (Å²) in [6.07, 6.45) is -7.09. The minimum absolute atomic E-state index is 0.0284. The third-order valence-corrected chi connectivity index (χ3v) is 4.65. The fourth-order valence-corrected chi connectivity index (χ4v) is 3.30. The van der Waals surface area contributed by atoms with Crippen LogP contribution in [0.4, 0.5) is 26.3 Å². The minimum atomic E-state index is -4.59. The van der Waals surface area contributed by atoms with E-state index in [1.807, 2.05) is 0 Å². The van der Waals surface area contributed by atoms with Crippen LogP contribution in [0.25, 0.3) is 28.0 Å². The predicted molar refractivity (Wildman–Crippen MR) is 87.3 cm³/mol. The molecule has 2 aromatic carbocycles. The Morgan fingerprint density at radius 3 is 2.37 bits per heavy atom. The molecule has 0 saturated carbocycles. The van der Waals surface area contributed by atoms with Gasteiger partial charge in [-0.3, -0.25) is 4.79 Å². The highest BCUT2D eigenvalue weighted by Crippen LogP contribution is 2.37. The minimum Gasteiger partial charge on any atom is -0.456 e. The molecule has 1 unspecified atom stereocenters. The van der Waals surface area contributed by atoms with Crippen molar-refractivity contribution in [1.29, 1.82) is 0 Å². The van der Waals surface area contributed by atoms with Gasteiger partial charge in [0.15, 0.2) is 0 Å². The lowest BCUT2D eigenvalue weighted by molar-refractivity contribution is -0.160. The monoisotopic (exact) mass is 384 g/mol. The zero-order chi connectivity index (χ0) is 19.6. The number of allylic oxidation sites excluding steroid dienone is 1. The van der Waals surface area contributed by atoms with E-state index >= 15 is 0 Å². The van der Waals surface area contributed by atoms with Crippen molar-refractivity contribution >= 4 is 28.0 Å². The first-order chi connectivity index (χ1) is 12.6. The van der Waals surface area contributed by atoms with Crippen molar-refractivity contribution in [1.82, 2.24) is 0 Å². The number of hydrogen-bond donors (Lipinski definition) is 0. The van der Waals surface area contributed by atoms with E-state index in [9.17, 15) is 31.1 Å². The quantitative estimate of drug-likeness (QED) is 0.367. The molecule has 8 heteroatoms. The Morgan fingerprint density at radius 1 is 0.963 bits per heavy atom. The molecular weight excluding hydrogens is 374 g/mol. The van der Waals surface area contributed by atoms with Gasteiger partial charge in [0.25, 0.3) is 0 Å². The highest BCUT2D eigenvalue weighted by Gasteiger charge is 2.39. The number of hydrogen-bond acceptors (Lipinski definition) is 2. The van der Waals surface area contributed by atoms with Crippen molar-refractivity contribution in [2.45, 2.75) is 18.8 Å². The van der Waals surface area contributed by atoms with Crippen LogP contribution in [0.5, 0.6) is 0 Å². The molecule has 3 aromatic rings. The lowest BCUT2D eigenvalue weighted by atomic mass is 9.87. The van der Waals surface area contributed by atoms with E-state index in [0.717, 1.165) is 24.3 Å². The molecule has 27 heavy (non-hydrogen) atoms. The molecule has 1 aliphatic carbocycles. The first-order valence-electron chi connectivity index (χ1n) is 7.90. The van der Waals surface area contributed by atoms with E-state index in [4.69, 9.17) is 4.42 Å². The van der Waals surface area contributed by atoms with Gasteiger partial charge in [0.05, 0.1) is 22.3 Å². The van der Waals surface area contributed by atoms with E-state index in [-0.39, 0.29) is 28.4 Å². The highest BCUT2D eigenvalue weighted by molar-refractivity contribution is 5.96. The fourth-order valence-electron chi connectivity index (χ4n) is 3.30. The molecule has 1 aromatic heterocycles. The first kappa shape index (κ1) is 17.6. The number of benzene rings is 2. The van der Waals surface area contributed by atoms with Gasteiger partial charge >= 0.3 is 12.4 Å². The lowest BCUT2D eigenvalue weighted by Crippen LogP contribution is -2.25. The zero-order valence-electron chi connectivity index (χ0n) is 13.4. The summed E-state index contributed by atoms with van der Waals surface area (Å²) in [6, 6.07) is 5.26. The van der Waals surface area contributed by atoms with Gasteiger partial charge < -0.3 is 4.42 Å². The van der Waals surface area contributed by atoms with Gasteiger partial charge in [-0.05, 0) is 41.8 Å². The van der Waals surface area contributed by atoms with Crippen LogP contribution in [0, 0.1) is 5.92 Å². The van der Waals surface area contributed by atoms with Gasteiger partial charge in [-0.15, -0.1) is 0 Å². The third-order valence-electron chi connectivity index (χ3n) is 4.65. The van der Waals surface area contributed by atoms with E-state index in [0.29, 0.717) is 11.1 Å². The second-order valence-electron chi connectivity index (χ2n) is 6.36. The largest absolute Gasteiger partial charge is 0.456 e. The lowest BCUT2D eigenvalue weighted by Gasteiger charge is -2.22. The summed E-state index contributed by atoms with van der Waals surface area (Å²) in [7, 11) is 0. The molecular formula is C19H10F6O2. The number of rotatable bonds is 0. The van der Waals surface area contributed by atoms with Crippen molar-refractivity contribution in [2.75, 3.05) is 0 Å². The van der Waals surface area contributed by atoms with E-state index in [1.165, 1.54) is 18.2 Å². The molecule has 0 saturated heterocycles. The second-order valence-corrected chi connectivity index (χ2v) is 6.36. The summed E-state index contributed by atoms with van der Waals surface area (Å²) in [5.41, 5.74) is -1.08. The van der Waals surface area contributed by atoms with Gasteiger partial charge in [0, 0.05) is 0 Å². The average Bonchev–Trinajstić information content (AvgIpc) is 2.59. The van der Waals surface area contributed by atoms with Crippen LogP contribution in [0.2, 0.25) is 0 Å². The Balaban J connectivity index is 1.96. The maximum atomic E-state index is 12.9. The molecule has 0 radical (unpaired) electrons. The Labute approximate surface area is 147 Å². The second kappa shape index (κ2) is 5.61. The third kappa shape index (κ3) is 2.89. The van der Waals surface area contributed by atoms with Crippen molar-refractivity contribution in [3.63, 3.8) is 0 Å². The van der Waals surface area contributed by atoms with Gasteiger partial charge in [0.1, 0.15) is 11.2 Å². The maximum absolute atomic E-state index is 12.9. The van der Waals surface area contributed by atoms with Crippen LogP contribution in [-0.4, -0.2) is 6.18 Å². The molecule has 0 bridgehead atoms. The van der Waals surface area contributed by atoms with E-state index < -0.39 is 29.3 Å². The number of fused-ring (bicyclic) bond motifs is 4. The van der Waals surface area contributed by atoms with Gasteiger partial charge in [0.2, 0.25) is 5.43 Å². The summed E-state index contributed by atoms with van der Waals surface area (Å²) < 4.78 is 82.9. The van der Waals surface area contributed by atoms with Crippen molar-refractivity contribution < 1.29 is 30.8 Å². The Bertz CT molecular complexity index is 1150. The summed E-state index contributed by atoms with van der Waals surface area (Å²) in [5.74, 6) is -1.65. The van der Waals surface area contributed by atoms with Crippen LogP contribution in [0.1, 0.15) is 16.7 Å². The Hall–Kier alpha value is -2.77. The molecule has 0 amide bonds. The molecule has 1 atom stereocenters.